The number of fused-ring (bicyclic) bond motifs is 3. The predicted octanol–water partition coefficient (Wildman–Crippen LogP) is 3.04. The summed E-state index contributed by atoms with van der Waals surface area (Å²) in [7, 11) is 1.66. The van der Waals surface area contributed by atoms with E-state index < -0.39 is 0 Å². The van der Waals surface area contributed by atoms with E-state index in [-0.39, 0.29) is 5.56 Å². The van der Waals surface area contributed by atoms with Crippen molar-refractivity contribution >= 4 is 22.3 Å². The van der Waals surface area contributed by atoms with Gasteiger partial charge in [0.15, 0.2) is 0 Å². The second-order valence-corrected chi connectivity index (χ2v) is 8.47. The fourth-order valence-electron chi connectivity index (χ4n) is 4.85. The molecule has 0 atom stereocenters. The minimum Gasteiger partial charge on any atom is -0.369 e. The van der Waals surface area contributed by atoms with Crippen LogP contribution >= 0.6 is 0 Å². The molecule has 3 aromatic rings. The van der Waals surface area contributed by atoms with Crippen LogP contribution in [-0.2, 0) is 17.8 Å². The van der Waals surface area contributed by atoms with E-state index in [1.807, 2.05) is 29.3 Å². The minimum atomic E-state index is -0.0116. The van der Waals surface area contributed by atoms with E-state index in [2.05, 4.69) is 39.1 Å². The van der Waals surface area contributed by atoms with E-state index in [4.69, 9.17) is 10.1 Å². The molecular weight excluding hydrogens is 402 g/mol. The third kappa shape index (κ3) is 3.83. The van der Waals surface area contributed by atoms with Crippen LogP contribution < -0.4 is 15.5 Å². The molecule has 1 aromatic heterocycles. The van der Waals surface area contributed by atoms with Gasteiger partial charge in [-0.25, -0.2) is 0 Å². The van der Waals surface area contributed by atoms with E-state index >= 15 is 0 Å². The maximum absolute atomic E-state index is 12.7. The second-order valence-electron chi connectivity index (χ2n) is 8.47. The van der Waals surface area contributed by atoms with E-state index in [0.29, 0.717) is 5.56 Å². The van der Waals surface area contributed by atoms with Crippen molar-refractivity contribution in [2.75, 3.05) is 49.8 Å². The van der Waals surface area contributed by atoms with Crippen LogP contribution in [0, 0.1) is 11.3 Å². The van der Waals surface area contributed by atoms with Gasteiger partial charge >= 0.3 is 0 Å². The first-order chi connectivity index (χ1) is 15.7. The Morgan fingerprint density at radius 1 is 1.06 bits per heavy atom. The minimum absolute atomic E-state index is 0.0116. The molecule has 32 heavy (non-hydrogen) atoms. The van der Waals surface area contributed by atoms with Gasteiger partial charge in [0, 0.05) is 55.9 Å². The Balaban J connectivity index is 1.31. The number of nitrogens with zero attached hydrogens (tertiary/aromatic N) is 4. The molecule has 2 aliphatic heterocycles. The van der Waals surface area contributed by atoms with Crippen molar-refractivity contribution in [1.82, 2.24) is 9.88 Å². The van der Waals surface area contributed by atoms with Gasteiger partial charge in [0.2, 0.25) is 0 Å². The highest BCUT2D eigenvalue weighted by Gasteiger charge is 2.23. The number of hydroxylamine groups is 1. The fraction of sp³-hybridized carbons (Fsp3) is 0.360. The number of pyridine rings is 1. The van der Waals surface area contributed by atoms with Gasteiger partial charge in [0.05, 0.1) is 29.9 Å². The van der Waals surface area contributed by atoms with Crippen LogP contribution in [0.4, 0.5) is 11.4 Å². The van der Waals surface area contributed by atoms with Crippen molar-refractivity contribution < 1.29 is 4.84 Å². The summed E-state index contributed by atoms with van der Waals surface area (Å²) in [5, 5.41) is 11.9. The maximum Gasteiger partial charge on any atom is 0.253 e. The summed E-state index contributed by atoms with van der Waals surface area (Å²) in [6, 6.07) is 16.4. The molecule has 0 amide bonds. The number of H-pyrrole nitrogens is 1. The van der Waals surface area contributed by atoms with Crippen LogP contribution in [0.1, 0.15) is 23.1 Å². The van der Waals surface area contributed by atoms with Gasteiger partial charge in [0.1, 0.15) is 0 Å². The SMILES string of the molecule is CON1CCCc2c1c1ccc(CN3CCN(c4ccc(C#N)cc4)CC3)cc1[nH]c2=O. The van der Waals surface area contributed by atoms with Gasteiger partial charge in [-0.2, -0.15) is 5.26 Å². The van der Waals surface area contributed by atoms with Gasteiger partial charge in [-0.05, 0) is 48.7 Å². The molecule has 2 aliphatic rings. The molecule has 2 aromatic carbocycles. The molecule has 1 saturated heterocycles. The summed E-state index contributed by atoms with van der Waals surface area (Å²) in [5.74, 6) is 0. The second kappa shape index (κ2) is 8.65. The molecule has 0 radical (unpaired) electrons. The van der Waals surface area contributed by atoms with Crippen molar-refractivity contribution in [3.8, 4) is 6.07 Å². The molecule has 5 rings (SSSR count). The van der Waals surface area contributed by atoms with Crippen molar-refractivity contribution in [3.63, 3.8) is 0 Å². The summed E-state index contributed by atoms with van der Waals surface area (Å²) in [4.78, 5) is 26.1. The number of benzene rings is 2. The number of aromatic nitrogens is 1. The number of hydrogen-bond acceptors (Lipinski definition) is 6. The van der Waals surface area contributed by atoms with Crippen LogP contribution in [-0.4, -0.2) is 49.7 Å². The number of aromatic amines is 1. The van der Waals surface area contributed by atoms with Gasteiger partial charge in [-0.3, -0.25) is 19.6 Å². The molecule has 3 heterocycles. The molecule has 0 bridgehead atoms. The topological polar surface area (TPSA) is 75.6 Å². The lowest BCUT2D eigenvalue weighted by molar-refractivity contribution is 0.162. The highest BCUT2D eigenvalue weighted by Crippen LogP contribution is 2.32. The molecule has 0 aliphatic carbocycles. The Hall–Kier alpha value is -3.34. The zero-order valence-corrected chi connectivity index (χ0v) is 18.3. The first-order valence-corrected chi connectivity index (χ1v) is 11.1. The molecule has 1 N–H and O–H groups in total. The Morgan fingerprint density at radius 3 is 2.56 bits per heavy atom. The number of nitrogens with one attached hydrogen (secondary N) is 1. The third-order valence-electron chi connectivity index (χ3n) is 6.55. The zero-order chi connectivity index (χ0) is 22.1. The van der Waals surface area contributed by atoms with E-state index in [1.165, 1.54) is 11.3 Å². The molecule has 164 valence electrons. The number of hydrogen-bond donors (Lipinski definition) is 1. The van der Waals surface area contributed by atoms with Crippen molar-refractivity contribution in [2.24, 2.45) is 0 Å². The Morgan fingerprint density at radius 2 is 1.84 bits per heavy atom. The Labute approximate surface area is 187 Å². The lowest BCUT2D eigenvalue weighted by atomic mass is 10.00. The number of rotatable bonds is 4. The molecule has 0 spiro atoms. The molecule has 1 fully saturated rings. The van der Waals surface area contributed by atoms with E-state index in [9.17, 15) is 4.79 Å². The largest absolute Gasteiger partial charge is 0.369 e. The smallest absolute Gasteiger partial charge is 0.253 e. The normalized spacial score (nSPS) is 16.8. The predicted molar refractivity (Wildman–Crippen MR) is 126 cm³/mol. The summed E-state index contributed by atoms with van der Waals surface area (Å²) in [6.07, 6.45) is 1.70. The fourth-order valence-corrected chi connectivity index (χ4v) is 4.85. The van der Waals surface area contributed by atoms with E-state index in [0.717, 1.165) is 74.3 Å². The van der Waals surface area contributed by atoms with Crippen LogP contribution in [0.15, 0.2) is 47.3 Å². The summed E-state index contributed by atoms with van der Waals surface area (Å²) < 4.78 is 0. The van der Waals surface area contributed by atoms with Crippen LogP contribution in [0.25, 0.3) is 10.9 Å². The number of nitriles is 1. The number of piperazine rings is 1. The average Bonchev–Trinajstić information content (AvgIpc) is 2.84. The number of anilines is 2. The lowest BCUT2D eigenvalue weighted by Crippen LogP contribution is -2.45. The van der Waals surface area contributed by atoms with Gasteiger partial charge in [-0.1, -0.05) is 12.1 Å². The zero-order valence-electron chi connectivity index (χ0n) is 18.3. The van der Waals surface area contributed by atoms with E-state index in [1.54, 1.807) is 7.11 Å². The van der Waals surface area contributed by atoms with Crippen LogP contribution in [0.2, 0.25) is 0 Å². The first kappa shape index (κ1) is 20.6. The highest BCUT2D eigenvalue weighted by atomic mass is 16.7. The van der Waals surface area contributed by atoms with Crippen molar-refractivity contribution in [2.45, 2.75) is 19.4 Å². The lowest BCUT2D eigenvalue weighted by Gasteiger charge is -2.36. The summed E-state index contributed by atoms with van der Waals surface area (Å²) >= 11 is 0. The van der Waals surface area contributed by atoms with Gasteiger partial charge < -0.3 is 9.88 Å². The standard InChI is InChI=1S/C25H27N5O2/c1-32-30-10-2-3-22-24(30)21-9-6-19(15-23(21)27-25(22)31)17-28-11-13-29(14-12-28)20-7-4-18(16-26)5-8-20/h4-9,15H,2-3,10-14,17H2,1H3,(H,27,31). The summed E-state index contributed by atoms with van der Waals surface area (Å²) in [6.45, 7) is 5.49. The van der Waals surface area contributed by atoms with Gasteiger partial charge in [-0.15, -0.1) is 0 Å². The van der Waals surface area contributed by atoms with Crippen LogP contribution in [0.3, 0.4) is 0 Å². The van der Waals surface area contributed by atoms with Gasteiger partial charge in [0.25, 0.3) is 5.56 Å². The summed E-state index contributed by atoms with van der Waals surface area (Å²) in [5.41, 5.74) is 5.64. The highest BCUT2D eigenvalue weighted by molar-refractivity contribution is 5.93. The maximum atomic E-state index is 12.7. The molecule has 7 nitrogen and oxygen atoms in total. The molecule has 0 saturated carbocycles. The van der Waals surface area contributed by atoms with Crippen molar-refractivity contribution in [3.05, 3.63) is 69.5 Å². The third-order valence-corrected chi connectivity index (χ3v) is 6.55. The molecule has 7 heteroatoms. The quantitative estimate of drug-likeness (QED) is 0.687. The Bertz CT molecular complexity index is 1220. The molecular formula is C25H27N5O2. The van der Waals surface area contributed by atoms with Crippen molar-refractivity contribution in [1.29, 1.82) is 5.26 Å². The average molecular weight is 430 g/mol. The van der Waals surface area contributed by atoms with Crippen LogP contribution in [0.5, 0.6) is 0 Å². The Kier molecular flexibility index (Phi) is 5.56. The first-order valence-electron chi connectivity index (χ1n) is 11.1. The molecule has 0 unspecified atom stereocenters. The monoisotopic (exact) mass is 429 g/mol.